The van der Waals surface area contributed by atoms with Crippen LogP contribution < -0.4 is 10.2 Å². The summed E-state index contributed by atoms with van der Waals surface area (Å²) in [4.78, 5) is 35.3. The number of benzene rings is 2. The number of carbonyl (C=O) groups excluding carboxylic acids is 1. The van der Waals surface area contributed by atoms with Crippen LogP contribution in [-0.4, -0.2) is 40.3 Å². The number of amides is 1. The Hall–Kier alpha value is -2.79. The Kier molecular flexibility index (Phi) is 6.60. The van der Waals surface area contributed by atoms with Crippen molar-refractivity contribution in [2.45, 2.75) is 16.7 Å². The van der Waals surface area contributed by atoms with Gasteiger partial charge in [0, 0.05) is 65.6 Å². The smallest absolute Gasteiger partial charge is 0.271 e. The molecular formula is C18H18N4O5S2. The molecule has 2 heterocycles. The van der Waals surface area contributed by atoms with Crippen LogP contribution in [-0.2, 0) is 4.79 Å². The first-order chi connectivity index (χ1) is 13.9. The number of carbonyl (C=O) groups is 1. The second-order valence-corrected chi connectivity index (χ2v) is 8.41. The first kappa shape index (κ1) is 20.9. The summed E-state index contributed by atoms with van der Waals surface area (Å²) in [6, 6.07) is 9.55. The van der Waals surface area contributed by atoms with Crippen molar-refractivity contribution in [2.75, 3.05) is 34.8 Å². The van der Waals surface area contributed by atoms with E-state index in [9.17, 15) is 25.0 Å². The second-order valence-electron chi connectivity index (χ2n) is 6.14. The Morgan fingerprint density at radius 2 is 1.62 bits per heavy atom. The highest BCUT2D eigenvalue weighted by Gasteiger charge is 2.22. The normalized spacial score (nSPS) is 14.4. The summed E-state index contributed by atoms with van der Waals surface area (Å²) in [5, 5.41) is 24.2. The average molecular weight is 434 g/mol. The molecule has 0 fully saturated rings. The number of non-ortho nitro benzene ring substituents is 2. The Bertz CT molecular complexity index is 969. The van der Waals surface area contributed by atoms with E-state index >= 15 is 0 Å². The SMILES string of the molecule is CC(=O)N1CCSc2ccc([N+](=O)[O-])cc21.O=[N+]([O-])c1ccc2c(c1)NCCS2. The van der Waals surface area contributed by atoms with Crippen LogP contribution in [0.1, 0.15) is 6.92 Å². The van der Waals surface area contributed by atoms with Crippen LogP contribution in [0.4, 0.5) is 22.7 Å². The zero-order valence-electron chi connectivity index (χ0n) is 15.5. The minimum Gasteiger partial charge on any atom is -0.383 e. The van der Waals surface area contributed by atoms with Crippen LogP contribution in [0.3, 0.4) is 0 Å². The minimum absolute atomic E-state index is 0.0208. The third-order valence-corrected chi connectivity index (χ3v) is 6.36. The molecule has 0 saturated heterocycles. The number of nitro groups is 2. The number of rotatable bonds is 2. The molecule has 1 N–H and O–H groups in total. The molecule has 9 nitrogen and oxygen atoms in total. The lowest BCUT2D eigenvalue weighted by atomic mass is 10.2. The van der Waals surface area contributed by atoms with E-state index in [1.807, 2.05) is 0 Å². The molecule has 0 bridgehead atoms. The molecule has 0 radical (unpaired) electrons. The van der Waals surface area contributed by atoms with Crippen LogP contribution in [0, 0.1) is 20.2 Å². The minimum atomic E-state index is -0.447. The number of anilines is 2. The average Bonchev–Trinajstić information content (AvgIpc) is 2.72. The van der Waals surface area contributed by atoms with Gasteiger partial charge in [-0.1, -0.05) is 0 Å². The number of fused-ring (bicyclic) bond motifs is 2. The molecule has 0 atom stereocenters. The Morgan fingerprint density at radius 3 is 2.28 bits per heavy atom. The van der Waals surface area contributed by atoms with E-state index in [-0.39, 0.29) is 22.2 Å². The van der Waals surface area contributed by atoms with Gasteiger partial charge < -0.3 is 10.2 Å². The number of hydrogen-bond donors (Lipinski definition) is 1. The molecule has 0 saturated carbocycles. The van der Waals surface area contributed by atoms with Gasteiger partial charge in [0.2, 0.25) is 5.91 Å². The van der Waals surface area contributed by atoms with E-state index in [2.05, 4.69) is 5.32 Å². The molecule has 11 heteroatoms. The molecule has 0 spiro atoms. The molecule has 152 valence electrons. The molecule has 2 aromatic rings. The Balaban J connectivity index is 0.000000169. The van der Waals surface area contributed by atoms with Crippen LogP contribution in [0.2, 0.25) is 0 Å². The van der Waals surface area contributed by atoms with Gasteiger partial charge in [0.05, 0.1) is 21.2 Å². The lowest BCUT2D eigenvalue weighted by Crippen LogP contribution is -2.33. The predicted octanol–water partition coefficient (Wildman–Crippen LogP) is 4.17. The topological polar surface area (TPSA) is 119 Å². The number of thioether (sulfide) groups is 2. The summed E-state index contributed by atoms with van der Waals surface area (Å²) in [6.07, 6.45) is 0. The summed E-state index contributed by atoms with van der Waals surface area (Å²) in [7, 11) is 0. The van der Waals surface area contributed by atoms with Gasteiger partial charge in [-0.25, -0.2) is 0 Å². The third-order valence-electron chi connectivity index (χ3n) is 4.25. The zero-order chi connectivity index (χ0) is 21.0. The van der Waals surface area contributed by atoms with Gasteiger partial charge in [-0.05, 0) is 12.1 Å². The number of nitrogens with one attached hydrogen (secondary N) is 1. The lowest BCUT2D eigenvalue weighted by Gasteiger charge is -2.27. The monoisotopic (exact) mass is 434 g/mol. The Morgan fingerprint density at radius 1 is 1.00 bits per heavy atom. The zero-order valence-corrected chi connectivity index (χ0v) is 17.1. The fourth-order valence-corrected chi connectivity index (χ4v) is 4.74. The van der Waals surface area contributed by atoms with Crippen molar-refractivity contribution in [2.24, 2.45) is 0 Å². The lowest BCUT2D eigenvalue weighted by molar-refractivity contribution is -0.385. The number of nitro benzene ring substituents is 2. The van der Waals surface area contributed by atoms with Crippen molar-refractivity contribution in [3.05, 3.63) is 56.6 Å². The molecule has 0 aromatic heterocycles. The molecule has 2 aliphatic rings. The van der Waals surface area contributed by atoms with E-state index in [0.717, 1.165) is 33.5 Å². The fourth-order valence-electron chi connectivity index (χ4n) is 2.89. The Labute approximate surface area is 175 Å². The van der Waals surface area contributed by atoms with Crippen molar-refractivity contribution in [3.8, 4) is 0 Å². The van der Waals surface area contributed by atoms with Gasteiger partial charge in [0.1, 0.15) is 0 Å². The first-order valence-electron chi connectivity index (χ1n) is 8.71. The van der Waals surface area contributed by atoms with Crippen LogP contribution >= 0.6 is 23.5 Å². The highest BCUT2D eigenvalue weighted by Crippen LogP contribution is 2.37. The highest BCUT2D eigenvalue weighted by molar-refractivity contribution is 7.99. The predicted molar refractivity (Wildman–Crippen MR) is 114 cm³/mol. The van der Waals surface area contributed by atoms with E-state index in [1.165, 1.54) is 19.1 Å². The molecule has 2 aromatic carbocycles. The van der Waals surface area contributed by atoms with E-state index < -0.39 is 4.92 Å². The molecule has 2 aliphatic heterocycles. The maximum Gasteiger partial charge on any atom is 0.271 e. The van der Waals surface area contributed by atoms with Gasteiger partial charge in [-0.2, -0.15) is 0 Å². The van der Waals surface area contributed by atoms with Gasteiger partial charge in [-0.3, -0.25) is 25.0 Å². The summed E-state index contributed by atoms with van der Waals surface area (Å²) in [5.41, 5.74) is 1.70. The van der Waals surface area contributed by atoms with Crippen molar-refractivity contribution < 1.29 is 14.6 Å². The van der Waals surface area contributed by atoms with Crippen LogP contribution in [0.25, 0.3) is 0 Å². The molecule has 0 unspecified atom stereocenters. The van der Waals surface area contributed by atoms with Crippen molar-refractivity contribution in [3.63, 3.8) is 0 Å². The largest absolute Gasteiger partial charge is 0.383 e. The van der Waals surface area contributed by atoms with E-state index in [4.69, 9.17) is 0 Å². The number of hydrogen-bond acceptors (Lipinski definition) is 8. The maximum atomic E-state index is 11.4. The van der Waals surface area contributed by atoms with Crippen molar-refractivity contribution in [1.29, 1.82) is 0 Å². The summed E-state index contributed by atoms with van der Waals surface area (Å²) < 4.78 is 0. The summed E-state index contributed by atoms with van der Waals surface area (Å²) in [5.74, 6) is 1.76. The highest BCUT2D eigenvalue weighted by atomic mass is 32.2. The van der Waals surface area contributed by atoms with Gasteiger partial charge in [0.15, 0.2) is 0 Å². The third kappa shape index (κ3) is 4.98. The second kappa shape index (κ2) is 9.14. The van der Waals surface area contributed by atoms with Crippen LogP contribution in [0.15, 0.2) is 46.2 Å². The summed E-state index contributed by atoms with van der Waals surface area (Å²) >= 11 is 3.34. The van der Waals surface area contributed by atoms with Gasteiger partial charge >= 0.3 is 0 Å². The van der Waals surface area contributed by atoms with E-state index in [1.54, 1.807) is 52.7 Å². The standard InChI is InChI=1S/C10H10N2O3S.C8H8N2O2S/c1-7(13)11-4-5-16-10-3-2-8(12(14)15)6-9(10)11;11-10(12)6-1-2-8-7(5-6)9-3-4-13-8/h2-3,6H,4-5H2,1H3;1-2,5,9H,3-4H2. The maximum absolute atomic E-state index is 11.4. The molecular weight excluding hydrogens is 416 g/mol. The molecule has 1 amide bonds. The van der Waals surface area contributed by atoms with E-state index in [0.29, 0.717) is 12.2 Å². The number of nitrogens with zero attached hydrogens (tertiary/aromatic N) is 3. The molecule has 4 rings (SSSR count). The molecule has 0 aliphatic carbocycles. The summed E-state index contributed by atoms with van der Waals surface area (Å²) in [6.45, 7) is 2.95. The van der Waals surface area contributed by atoms with Crippen LogP contribution in [0.5, 0.6) is 0 Å². The quantitative estimate of drug-likeness (QED) is 0.553. The first-order valence-corrected chi connectivity index (χ1v) is 10.7. The van der Waals surface area contributed by atoms with Crippen molar-refractivity contribution >= 4 is 52.2 Å². The van der Waals surface area contributed by atoms with Gasteiger partial charge in [0.25, 0.3) is 11.4 Å². The van der Waals surface area contributed by atoms with Gasteiger partial charge in [-0.15, -0.1) is 23.5 Å². The van der Waals surface area contributed by atoms with Crippen molar-refractivity contribution in [1.82, 2.24) is 0 Å². The fraction of sp³-hybridized carbons (Fsp3) is 0.278. The molecule has 29 heavy (non-hydrogen) atoms.